The molecular weight excluding hydrogens is 565 g/mol. The molecule has 0 unspecified atom stereocenters. The van der Waals surface area contributed by atoms with Crippen LogP contribution in [0, 0.1) is 0 Å². The fraction of sp³-hybridized carbons (Fsp3) is 0.222. The molecule has 0 aliphatic carbocycles. The summed E-state index contributed by atoms with van der Waals surface area (Å²) in [4.78, 5) is 44.6. The zero-order chi connectivity index (χ0) is 29.2. The van der Waals surface area contributed by atoms with Gasteiger partial charge in [-0.05, 0) is 43.2 Å². The molecule has 10 nitrogen and oxygen atoms in total. The number of aromatic nitrogens is 5. The first-order valence-corrected chi connectivity index (χ1v) is 12.8. The Labute approximate surface area is 233 Å². The van der Waals surface area contributed by atoms with Crippen LogP contribution in [0.2, 0.25) is 5.02 Å². The molecule has 0 spiro atoms. The lowest BCUT2D eigenvalue weighted by molar-refractivity contribution is -0.141. The van der Waals surface area contributed by atoms with Crippen LogP contribution in [0.25, 0.3) is 38.9 Å². The Balaban J connectivity index is 1.55. The average molecular weight is 585 g/mol. The van der Waals surface area contributed by atoms with Gasteiger partial charge in [0, 0.05) is 19.2 Å². The van der Waals surface area contributed by atoms with E-state index in [-0.39, 0.29) is 45.0 Å². The van der Waals surface area contributed by atoms with Crippen molar-refractivity contribution in [2.45, 2.75) is 25.1 Å². The lowest BCUT2D eigenvalue weighted by Crippen LogP contribution is -2.40. The first kappa shape index (κ1) is 26.6. The zero-order valence-electron chi connectivity index (χ0n) is 21.2. The topological polar surface area (TPSA) is 126 Å². The Morgan fingerprint density at radius 3 is 2.68 bits per heavy atom. The van der Waals surface area contributed by atoms with Gasteiger partial charge in [-0.3, -0.25) is 19.4 Å². The number of nitrogens with zero attached hydrogens (tertiary/aromatic N) is 5. The van der Waals surface area contributed by atoms with Gasteiger partial charge in [-0.1, -0.05) is 23.7 Å². The third kappa shape index (κ3) is 4.32. The lowest BCUT2D eigenvalue weighted by atomic mass is 10.0. The van der Waals surface area contributed by atoms with Gasteiger partial charge in [0.05, 0.1) is 50.0 Å². The maximum Gasteiger partial charge on any atom is 0.416 e. The number of fused-ring (bicyclic) bond motifs is 3. The quantitative estimate of drug-likeness (QED) is 0.317. The molecule has 2 aromatic carbocycles. The minimum Gasteiger partial charge on any atom is -0.480 e. The van der Waals surface area contributed by atoms with E-state index in [1.165, 1.54) is 46.1 Å². The van der Waals surface area contributed by atoms with Crippen LogP contribution in [0.3, 0.4) is 0 Å². The number of hydrogen-bond acceptors (Lipinski definition) is 5. The maximum atomic E-state index is 13.9. The summed E-state index contributed by atoms with van der Waals surface area (Å²) in [6, 6.07) is 7.82. The van der Waals surface area contributed by atoms with Crippen molar-refractivity contribution in [1.82, 2.24) is 29.4 Å². The van der Waals surface area contributed by atoms with E-state index in [2.05, 4.69) is 15.2 Å². The van der Waals surface area contributed by atoms with Crippen LogP contribution < -0.4 is 5.56 Å². The van der Waals surface area contributed by atoms with Crippen LogP contribution >= 0.6 is 11.6 Å². The summed E-state index contributed by atoms with van der Waals surface area (Å²) < 4.78 is 43.1. The van der Waals surface area contributed by atoms with Gasteiger partial charge in [0.1, 0.15) is 6.04 Å². The number of H-pyrrole nitrogens is 1. The van der Waals surface area contributed by atoms with E-state index >= 15 is 0 Å². The van der Waals surface area contributed by atoms with Gasteiger partial charge in [-0.15, -0.1) is 0 Å². The van der Waals surface area contributed by atoms with Gasteiger partial charge < -0.3 is 10.0 Å². The summed E-state index contributed by atoms with van der Waals surface area (Å²) in [5, 5.41) is 17.3. The number of rotatable bonds is 4. The number of carboxylic acids is 1. The second kappa shape index (κ2) is 9.47. The fourth-order valence-corrected chi connectivity index (χ4v) is 5.42. The zero-order valence-corrected chi connectivity index (χ0v) is 22.0. The van der Waals surface area contributed by atoms with E-state index in [0.717, 1.165) is 16.8 Å². The van der Waals surface area contributed by atoms with Crippen molar-refractivity contribution in [3.8, 4) is 16.9 Å². The van der Waals surface area contributed by atoms with Gasteiger partial charge in [0.25, 0.3) is 11.5 Å². The number of hydrogen-bond donors (Lipinski definition) is 2. The van der Waals surface area contributed by atoms with E-state index < -0.39 is 35.2 Å². The molecule has 1 atom stereocenters. The van der Waals surface area contributed by atoms with E-state index in [1.54, 1.807) is 7.05 Å². The number of amides is 1. The Morgan fingerprint density at radius 1 is 1.17 bits per heavy atom. The molecule has 1 saturated heterocycles. The maximum absolute atomic E-state index is 13.9. The Kier molecular flexibility index (Phi) is 6.14. The Bertz CT molecular complexity index is 1940. The summed E-state index contributed by atoms with van der Waals surface area (Å²) in [5.41, 5.74) is -0.592. The third-order valence-corrected chi connectivity index (χ3v) is 7.55. The first-order valence-electron chi connectivity index (χ1n) is 12.4. The highest BCUT2D eigenvalue weighted by Gasteiger charge is 2.35. The molecular formula is C27H20ClF3N6O4. The molecule has 1 aliphatic rings. The molecule has 3 aromatic heterocycles. The number of halogens is 4. The molecule has 210 valence electrons. The largest absolute Gasteiger partial charge is 0.480 e. The highest BCUT2D eigenvalue weighted by Crippen LogP contribution is 2.35. The fourth-order valence-electron chi connectivity index (χ4n) is 5.22. The van der Waals surface area contributed by atoms with Gasteiger partial charge in [0.2, 0.25) is 0 Å². The summed E-state index contributed by atoms with van der Waals surface area (Å²) >= 11 is 6.34. The minimum absolute atomic E-state index is 0.00521. The van der Waals surface area contributed by atoms with Crippen molar-refractivity contribution >= 4 is 45.4 Å². The molecule has 2 N–H and O–H groups in total. The highest BCUT2D eigenvalue weighted by atomic mass is 35.5. The number of benzene rings is 2. The van der Waals surface area contributed by atoms with Gasteiger partial charge >= 0.3 is 12.1 Å². The Morgan fingerprint density at radius 2 is 1.95 bits per heavy atom. The molecule has 14 heteroatoms. The monoisotopic (exact) mass is 584 g/mol. The summed E-state index contributed by atoms with van der Waals surface area (Å²) in [6.07, 6.45) is -2.29. The predicted molar refractivity (Wildman–Crippen MR) is 143 cm³/mol. The van der Waals surface area contributed by atoms with Crippen molar-refractivity contribution in [3.63, 3.8) is 0 Å². The summed E-state index contributed by atoms with van der Waals surface area (Å²) in [5.74, 6) is -1.71. The molecule has 0 bridgehead atoms. The normalized spacial score (nSPS) is 15.7. The van der Waals surface area contributed by atoms with Crippen molar-refractivity contribution in [2.75, 3.05) is 6.54 Å². The lowest BCUT2D eigenvalue weighted by Gasteiger charge is -2.22. The first-order chi connectivity index (χ1) is 19.5. The van der Waals surface area contributed by atoms with Gasteiger partial charge in [0.15, 0.2) is 5.65 Å². The van der Waals surface area contributed by atoms with Crippen molar-refractivity contribution in [1.29, 1.82) is 0 Å². The number of aromatic amines is 1. The second-order valence-corrected chi connectivity index (χ2v) is 10.1. The van der Waals surface area contributed by atoms with Crippen LogP contribution in [0.15, 0.2) is 53.5 Å². The van der Waals surface area contributed by atoms with Crippen LogP contribution in [-0.4, -0.2) is 59.0 Å². The number of pyridine rings is 1. The minimum atomic E-state index is -4.61. The summed E-state index contributed by atoms with van der Waals surface area (Å²) in [6.45, 7) is 0.244. The van der Waals surface area contributed by atoms with Crippen molar-refractivity contribution in [3.05, 3.63) is 75.2 Å². The van der Waals surface area contributed by atoms with Gasteiger partial charge in [-0.25, -0.2) is 14.5 Å². The molecule has 1 amide bonds. The standard InChI is InChI=1S/C27H20ClF3N6O4/c1-35-23-17(12-32-35)22-20(21(33-23)13-4-2-5-14(10-13)27(29,30)31)25(39)37(34-22)15-7-8-18(28)16(11-15)24(38)36-9-3-6-19(36)26(40)41/h2,4-5,7-8,10-12,19,34H,3,6,9H2,1H3,(H,40,41)/t19-/m0/s1. The summed E-state index contributed by atoms with van der Waals surface area (Å²) in [7, 11) is 1.62. The van der Waals surface area contributed by atoms with E-state index in [9.17, 15) is 32.7 Å². The highest BCUT2D eigenvalue weighted by molar-refractivity contribution is 6.34. The third-order valence-electron chi connectivity index (χ3n) is 7.22. The Hall–Kier alpha value is -4.65. The number of nitrogens with one attached hydrogen (secondary N) is 1. The molecule has 6 rings (SSSR count). The molecule has 4 heterocycles. The second-order valence-electron chi connectivity index (χ2n) is 9.71. The van der Waals surface area contributed by atoms with Crippen LogP contribution in [0.5, 0.6) is 0 Å². The van der Waals surface area contributed by atoms with Crippen molar-refractivity contribution < 1.29 is 27.9 Å². The van der Waals surface area contributed by atoms with E-state index in [1.807, 2.05) is 0 Å². The van der Waals surface area contributed by atoms with Crippen LogP contribution in [0.4, 0.5) is 13.2 Å². The SMILES string of the molecule is Cn1ncc2c3[nH]n(-c4ccc(Cl)c(C(=O)N5CCC[C@H]5C(=O)O)c4)c(=O)c3c(-c3cccc(C(F)(F)F)c3)nc21. The van der Waals surface area contributed by atoms with Gasteiger partial charge in [-0.2, -0.15) is 18.3 Å². The number of aryl methyl sites for hydroxylation is 1. The number of carbonyl (C=O) groups excluding carboxylic acids is 1. The average Bonchev–Trinajstić information content (AvgIpc) is 3.66. The molecule has 0 radical (unpaired) electrons. The van der Waals surface area contributed by atoms with Crippen LogP contribution in [0.1, 0.15) is 28.8 Å². The number of alkyl halides is 3. The van der Waals surface area contributed by atoms with E-state index in [4.69, 9.17) is 11.6 Å². The number of likely N-dealkylation sites (tertiary alicyclic amines) is 1. The molecule has 1 fully saturated rings. The predicted octanol–water partition coefficient (Wildman–Crippen LogP) is 4.63. The molecule has 41 heavy (non-hydrogen) atoms. The van der Waals surface area contributed by atoms with Crippen molar-refractivity contribution in [2.24, 2.45) is 7.05 Å². The van der Waals surface area contributed by atoms with Crippen LogP contribution in [-0.2, 0) is 18.0 Å². The molecule has 0 saturated carbocycles. The number of carbonyl (C=O) groups is 2. The number of aliphatic carboxylic acids is 1. The van der Waals surface area contributed by atoms with E-state index in [0.29, 0.717) is 23.9 Å². The number of carboxylic acid groups (broad SMARTS) is 1. The molecule has 5 aromatic rings. The smallest absolute Gasteiger partial charge is 0.416 e. The molecule has 1 aliphatic heterocycles.